The molecule has 0 aliphatic carbocycles. The summed E-state index contributed by atoms with van der Waals surface area (Å²) in [5.41, 5.74) is -0.905. The number of rotatable bonds is 6. The molecule has 10 nitrogen and oxygen atoms in total. The molecule has 146 valence electrons. The minimum atomic E-state index is -0.971. The van der Waals surface area contributed by atoms with Crippen LogP contribution in [0, 0.1) is 20.2 Å². The highest BCUT2D eigenvalue weighted by atomic mass is 16.6. The Kier molecular flexibility index (Phi) is 5.44. The molecule has 3 aromatic rings. The van der Waals surface area contributed by atoms with Gasteiger partial charge in [-0.15, -0.1) is 0 Å². The van der Waals surface area contributed by atoms with Crippen molar-refractivity contribution in [3.05, 3.63) is 86.5 Å². The van der Waals surface area contributed by atoms with Crippen LogP contribution in [0.2, 0.25) is 0 Å². The Labute approximate surface area is 163 Å². The summed E-state index contributed by atoms with van der Waals surface area (Å²) >= 11 is 0. The lowest BCUT2D eigenvalue weighted by Gasteiger charge is -2.10. The van der Waals surface area contributed by atoms with Gasteiger partial charge in [0.15, 0.2) is 0 Å². The molecular weight excluding hydrogens is 380 g/mol. The van der Waals surface area contributed by atoms with Crippen molar-refractivity contribution in [1.82, 2.24) is 5.32 Å². The van der Waals surface area contributed by atoms with Crippen molar-refractivity contribution in [1.29, 1.82) is 0 Å². The van der Waals surface area contributed by atoms with Gasteiger partial charge in [0.1, 0.15) is 0 Å². The number of benzene rings is 3. The molecule has 0 aromatic heterocycles. The summed E-state index contributed by atoms with van der Waals surface area (Å²) in [6.07, 6.45) is 0. The van der Waals surface area contributed by atoms with Crippen LogP contribution in [0.4, 0.5) is 17.1 Å². The van der Waals surface area contributed by atoms with Crippen molar-refractivity contribution < 1.29 is 19.4 Å². The Morgan fingerprint density at radius 1 is 0.862 bits per heavy atom. The molecule has 0 radical (unpaired) electrons. The number of hydrogen-bond acceptors (Lipinski definition) is 7. The van der Waals surface area contributed by atoms with E-state index < -0.39 is 33.0 Å². The zero-order chi connectivity index (χ0) is 21.0. The van der Waals surface area contributed by atoms with E-state index in [9.17, 15) is 29.8 Å². The lowest BCUT2D eigenvalue weighted by Crippen LogP contribution is -2.35. The van der Waals surface area contributed by atoms with E-state index in [1.165, 1.54) is 0 Å². The molecule has 0 bridgehead atoms. The molecular formula is C19H14N4O6. The minimum absolute atomic E-state index is 0.239. The van der Waals surface area contributed by atoms with Crippen molar-refractivity contribution in [2.24, 2.45) is 0 Å². The molecule has 10 heteroatoms. The fourth-order valence-electron chi connectivity index (χ4n) is 2.74. The fraction of sp³-hybridized carbons (Fsp3) is 0.0526. The monoisotopic (exact) mass is 394 g/mol. The van der Waals surface area contributed by atoms with E-state index in [1.54, 1.807) is 6.07 Å². The van der Waals surface area contributed by atoms with Gasteiger partial charge in [-0.3, -0.25) is 35.1 Å². The molecule has 0 saturated carbocycles. The number of anilines is 1. The number of hydrogen-bond donors (Lipinski definition) is 2. The standard InChI is InChI=1S/C19H14N4O6/c24-18(11-20-17-7-3-5-12-4-1-2-6-16(12)17)21-19(25)13-8-14(22(26)27)10-15(9-13)23(28)29/h1-10,20H,11H2,(H,21,24,25). The second-order valence-electron chi connectivity index (χ2n) is 6.01. The summed E-state index contributed by atoms with van der Waals surface area (Å²) in [6, 6.07) is 15.5. The molecule has 0 aliphatic heterocycles. The van der Waals surface area contributed by atoms with Crippen LogP contribution in [0.15, 0.2) is 60.7 Å². The maximum absolute atomic E-state index is 12.2. The maximum Gasteiger partial charge on any atom is 0.277 e. The number of imide groups is 1. The molecule has 0 aliphatic rings. The van der Waals surface area contributed by atoms with Gasteiger partial charge in [-0.2, -0.15) is 0 Å². The molecule has 0 fully saturated rings. The first kappa shape index (κ1) is 19.4. The minimum Gasteiger partial charge on any atom is -0.376 e. The molecule has 0 atom stereocenters. The zero-order valence-corrected chi connectivity index (χ0v) is 14.8. The zero-order valence-electron chi connectivity index (χ0n) is 14.8. The highest BCUT2D eigenvalue weighted by Crippen LogP contribution is 2.23. The number of non-ortho nitro benzene ring substituents is 2. The average Bonchev–Trinajstić information content (AvgIpc) is 2.71. The molecule has 3 aromatic carbocycles. The highest BCUT2D eigenvalue weighted by molar-refractivity contribution is 6.06. The Bertz CT molecular complexity index is 1110. The number of nitro groups is 2. The summed E-state index contributed by atoms with van der Waals surface area (Å²) in [4.78, 5) is 44.5. The van der Waals surface area contributed by atoms with Gasteiger partial charge in [0.25, 0.3) is 17.3 Å². The van der Waals surface area contributed by atoms with Gasteiger partial charge in [0.05, 0.1) is 28.0 Å². The lowest BCUT2D eigenvalue weighted by molar-refractivity contribution is -0.394. The van der Waals surface area contributed by atoms with E-state index in [1.807, 2.05) is 36.4 Å². The third-order valence-electron chi connectivity index (χ3n) is 4.07. The normalized spacial score (nSPS) is 10.3. The average molecular weight is 394 g/mol. The lowest BCUT2D eigenvalue weighted by atomic mass is 10.1. The Hall–Kier alpha value is -4.34. The first-order valence-electron chi connectivity index (χ1n) is 8.35. The van der Waals surface area contributed by atoms with Gasteiger partial charge < -0.3 is 5.32 Å². The SMILES string of the molecule is O=C(CNc1cccc2ccccc12)NC(=O)c1cc([N+](=O)[O-])cc([N+](=O)[O-])c1. The summed E-state index contributed by atoms with van der Waals surface area (Å²) in [5.74, 6) is -1.67. The third-order valence-corrected chi connectivity index (χ3v) is 4.07. The smallest absolute Gasteiger partial charge is 0.277 e. The molecule has 0 unspecified atom stereocenters. The molecule has 0 heterocycles. The van der Waals surface area contributed by atoms with Crippen LogP contribution in [0.5, 0.6) is 0 Å². The predicted molar refractivity (Wildman–Crippen MR) is 105 cm³/mol. The number of amides is 2. The molecule has 29 heavy (non-hydrogen) atoms. The number of carbonyl (C=O) groups excluding carboxylic acids is 2. The topological polar surface area (TPSA) is 144 Å². The first-order chi connectivity index (χ1) is 13.8. The van der Waals surface area contributed by atoms with Crippen molar-refractivity contribution in [3.8, 4) is 0 Å². The van der Waals surface area contributed by atoms with Crippen molar-refractivity contribution in [3.63, 3.8) is 0 Å². The van der Waals surface area contributed by atoms with Gasteiger partial charge >= 0.3 is 0 Å². The fourth-order valence-corrected chi connectivity index (χ4v) is 2.74. The van der Waals surface area contributed by atoms with E-state index in [0.29, 0.717) is 5.69 Å². The largest absolute Gasteiger partial charge is 0.376 e. The Morgan fingerprint density at radius 2 is 1.48 bits per heavy atom. The second kappa shape index (κ2) is 8.13. The summed E-state index contributed by atoms with van der Waals surface area (Å²) in [5, 5.41) is 28.7. The van der Waals surface area contributed by atoms with E-state index in [0.717, 1.165) is 29.0 Å². The third kappa shape index (κ3) is 4.50. The molecule has 0 spiro atoms. The number of carbonyl (C=O) groups is 2. The summed E-state index contributed by atoms with van der Waals surface area (Å²) in [6.45, 7) is -0.239. The molecule has 3 rings (SSSR count). The number of nitrogens with zero attached hydrogens (tertiary/aromatic N) is 2. The van der Waals surface area contributed by atoms with Gasteiger partial charge in [-0.05, 0) is 11.5 Å². The van der Waals surface area contributed by atoms with Crippen LogP contribution < -0.4 is 10.6 Å². The number of nitro benzene ring substituents is 2. The second-order valence-corrected chi connectivity index (χ2v) is 6.01. The van der Waals surface area contributed by atoms with E-state index >= 15 is 0 Å². The van der Waals surface area contributed by atoms with Gasteiger partial charge in [0, 0.05) is 23.2 Å². The Morgan fingerprint density at radius 3 is 2.14 bits per heavy atom. The van der Waals surface area contributed by atoms with Crippen LogP contribution in [-0.4, -0.2) is 28.2 Å². The summed E-state index contributed by atoms with van der Waals surface area (Å²) in [7, 11) is 0. The van der Waals surface area contributed by atoms with E-state index in [4.69, 9.17) is 0 Å². The van der Waals surface area contributed by atoms with Gasteiger partial charge in [-0.1, -0.05) is 36.4 Å². The number of nitrogens with one attached hydrogen (secondary N) is 2. The van der Waals surface area contributed by atoms with Crippen LogP contribution in [-0.2, 0) is 4.79 Å². The van der Waals surface area contributed by atoms with E-state index in [2.05, 4.69) is 10.6 Å². The molecule has 2 amide bonds. The predicted octanol–water partition coefficient (Wildman–Crippen LogP) is 3.02. The van der Waals surface area contributed by atoms with Crippen LogP contribution >= 0.6 is 0 Å². The van der Waals surface area contributed by atoms with Crippen molar-refractivity contribution in [2.45, 2.75) is 0 Å². The van der Waals surface area contributed by atoms with Crippen LogP contribution in [0.3, 0.4) is 0 Å². The number of fused-ring (bicyclic) bond motifs is 1. The molecule has 2 N–H and O–H groups in total. The van der Waals surface area contributed by atoms with Gasteiger partial charge in [0.2, 0.25) is 5.91 Å². The maximum atomic E-state index is 12.2. The van der Waals surface area contributed by atoms with Crippen molar-refractivity contribution >= 4 is 39.6 Å². The quantitative estimate of drug-likeness (QED) is 0.483. The summed E-state index contributed by atoms with van der Waals surface area (Å²) < 4.78 is 0. The van der Waals surface area contributed by atoms with E-state index in [-0.39, 0.29) is 12.1 Å². The first-order valence-corrected chi connectivity index (χ1v) is 8.35. The molecule has 0 saturated heterocycles. The van der Waals surface area contributed by atoms with Crippen LogP contribution in [0.1, 0.15) is 10.4 Å². The highest BCUT2D eigenvalue weighted by Gasteiger charge is 2.21. The van der Waals surface area contributed by atoms with Crippen molar-refractivity contribution in [2.75, 3.05) is 11.9 Å². The van der Waals surface area contributed by atoms with Gasteiger partial charge in [-0.25, -0.2) is 0 Å². The Balaban J connectivity index is 1.71. The van der Waals surface area contributed by atoms with Crippen LogP contribution in [0.25, 0.3) is 10.8 Å².